The molecule has 1 saturated heterocycles. The second kappa shape index (κ2) is 6.35. The van der Waals surface area contributed by atoms with Gasteiger partial charge >= 0.3 is 6.09 Å². The summed E-state index contributed by atoms with van der Waals surface area (Å²) in [6.07, 6.45) is -0.933. The van der Waals surface area contributed by atoms with Crippen LogP contribution in [0.5, 0.6) is 0 Å². The highest BCUT2D eigenvalue weighted by Gasteiger charge is 2.32. The van der Waals surface area contributed by atoms with Gasteiger partial charge in [-0.3, -0.25) is 9.69 Å². The third-order valence-corrected chi connectivity index (χ3v) is 5.09. The molecule has 0 aromatic heterocycles. The summed E-state index contributed by atoms with van der Waals surface area (Å²) in [4.78, 5) is 24.3. The minimum absolute atomic E-state index is 0.0247. The van der Waals surface area contributed by atoms with Gasteiger partial charge in [-0.2, -0.15) is 0 Å². The zero-order valence-corrected chi connectivity index (χ0v) is 13.2. The summed E-state index contributed by atoms with van der Waals surface area (Å²) in [6, 6.07) is 6.10. The van der Waals surface area contributed by atoms with Gasteiger partial charge < -0.3 is 10.1 Å². The summed E-state index contributed by atoms with van der Waals surface area (Å²) >= 11 is 0. The van der Waals surface area contributed by atoms with Crippen LogP contribution in [0, 0.1) is 0 Å². The summed E-state index contributed by atoms with van der Waals surface area (Å²) in [5.41, 5.74) is 0.561. The van der Waals surface area contributed by atoms with E-state index in [4.69, 9.17) is 4.74 Å². The normalized spacial score (nSPS) is 18.2. The van der Waals surface area contributed by atoms with Crippen molar-refractivity contribution in [2.45, 2.75) is 24.8 Å². The van der Waals surface area contributed by atoms with Gasteiger partial charge in [0.1, 0.15) is 6.10 Å². The molecule has 1 atom stereocenters. The maximum atomic E-state index is 11.8. The minimum atomic E-state index is -3.26. The molecule has 2 rings (SSSR count). The van der Waals surface area contributed by atoms with E-state index in [1.165, 1.54) is 24.0 Å². The molecule has 120 valence electrons. The first-order valence-electron chi connectivity index (χ1n) is 6.89. The van der Waals surface area contributed by atoms with Crippen LogP contribution in [0.2, 0.25) is 0 Å². The molecule has 2 amide bonds. The highest BCUT2D eigenvalue weighted by molar-refractivity contribution is 7.91. The van der Waals surface area contributed by atoms with Gasteiger partial charge in [-0.05, 0) is 24.3 Å². The molecule has 1 aliphatic heterocycles. The number of carbonyl (C=O) groups excluding carboxylic acids is 2. The number of hydrogen-bond acceptors (Lipinski definition) is 5. The zero-order chi connectivity index (χ0) is 16.3. The number of nitrogens with zero attached hydrogens (tertiary/aromatic N) is 1. The Bertz CT molecular complexity index is 669. The first-order chi connectivity index (χ1) is 10.3. The average Bonchev–Trinajstić information content (AvgIpc) is 2.86. The van der Waals surface area contributed by atoms with Crippen molar-refractivity contribution in [3.05, 3.63) is 24.3 Å². The number of benzene rings is 1. The van der Waals surface area contributed by atoms with E-state index in [2.05, 4.69) is 5.32 Å². The fourth-order valence-corrected chi connectivity index (χ4v) is 2.98. The molecule has 0 unspecified atom stereocenters. The summed E-state index contributed by atoms with van der Waals surface area (Å²) in [6.45, 7) is 3.52. The van der Waals surface area contributed by atoms with E-state index in [-0.39, 0.29) is 23.1 Å². The fourth-order valence-electron chi connectivity index (χ4n) is 2.10. The van der Waals surface area contributed by atoms with Crippen molar-refractivity contribution in [1.29, 1.82) is 0 Å². The van der Waals surface area contributed by atoms with Crippen LogP contribution in [-0.2, 0) is 19.4 Å². The van der Waals surface area contributed by atoms with Crippen LogP contribution < -0.4 is 10.2 Å². The Morgan fingerprint density at radius 1 is 1.36 bits per heavy atom. The predicted octanol–water partition coefficient (Wildman–Crippen LogP) is 0.942. The number of ether oxygens (including phenoxy) is 1. The number of nitrogens with one attached hydrogen (secondary N) is 1. The van der Waals surface area contributed by atoms with E-state index in [0.717, 1.165) is 0 Å². The summed E-state index contributed by atoms with van der Waals surface area (Å²) in [7, 11) is -3.26. The Morgan fingerprint density at radius 2 is 2.00 bits per heavy atom. The van der Waals surface area contributed by atoms with Crippen molar-refractivity contribution in [3.8, 4) is 0 Å². The quantitative estimate of drug-likeness (QED) is 0.869. The minimum Gasteiger partial charge on any atom is -0.442 e. The van der Waals surface area contributed by atoms with Gasteiger partial charge in [0.15, 0.2) is 9.84 Å². The summed E-state index contributed by atoms with van der Waals surface area (Å²) in [5.74, 6) is -0.166. The van der Waals surface area contributed by atoms with Crippen molar-refractivity contribution in [1.82, 2.24) is 5.32 Å². The molecular formula is C14H18N2O5S. The Hall–Kier alpha value is -2.09. The van der Waals surface area contributed by atoms with Crippen molar-refractivity contribution in [3.63, 3.8) is 0 Å². The van der Waals surface area contributed by atoms with E-state index in [1.807, 2.05) is 0 Å². The lowest BCUT2D eigenvalue weighted by molar-refractivity contribution is -0.119. The number of rotatable bonds is 5. The van der Waals surface area contributed by atoms with Crippen molar-refractivity contribution >= 4 is 27.5 Å². The van der Waals surface area contributed by atoms with Gasteiger partial charge in [-0.25, -0.2) is 13.2 Å². The van der Waals surface area contributed by atoms with E-state index in [1.54, 1.807) is 19.1 Å². The van der Waals surface area contributed by atoms with Gasteiger partial charge in [0.25, 0.3) is 0 Å². The molecule has 8 heteroatoms. The van der Waals surface area contributed by atoms with Gasteiger partial charge in [0.2, 0.25) is 5.91 Å². The largest absolute Gasteiger partial charge is 0.442 e. The lowest BCUT2D eigenvalue weighted by Crippen LogP contribution is -2.33. The Kier molecular flexibility index (Phi) is 4.70. The van der Waals surface area contributed by atoms with E-state index in [0.29, 0.717) is 12.2 Å². The van der Waals surface area contributed by atoms with Crippen LogP contribution in [0.1, 0.15) is 13.8 Å². The molecule has 0 radical (unpaired) electrons. The Morgan fingerprint density at radius 3 is 2.55 bits per heavy atom. The van der Waals surface area contributed by atoms with E-state index >= 15 is 0 Å². The number of amides is 2. The third-order valence-electron chi connectivity index (χ3n) is 3.34. The van der Waals surface area contributed by atoms with Crippen LogP contribution in [0.3, 0.4) is 0 Å². The van der Waals surface area contributed by atoms with E-state index < -0.39 is 22.0 Å². The van der Waals surface area contributed by atoms with Crippen LogP contribution in [-0.4, -0.2) is 45.4 Å². The molecule has 0 saturated carbocycles. The van der Waals surface area contributed by atoms with Crippen LogP contribution >= 0.6 is 0 Å². The average molecular weight is 326 g/mol. The van der Waals surface area contributed by atoms with Crippen LogP contribution in [0.4, 0.5) is 10.5 Å². The van der Waals surface area contributed by atoms with Gasteiger partial charge in [0, 0.05) is 12.6 Å². The molecule has 1 N–H and O–H groups in total. The standard InChI is InChI=1S/C14H18N2O5S/c1-3-22(19,20)13-6-4-11(5-7-13)16-9-12(21-14(16)18)8-15-10(2)17/h4-7,12H,3,8-9H2,1-2H3,(H,15,17)/t12-/m0/s1. The molecule has 22 heavy (non-hydrogen) atoms. The molecular weight excluding hydrogens is 308 g/mol. The summed E-state index contributed by atoms with van der Waals surface area (Å²) < 4.78 is 28.7. The van der Waals surface area contributed by atoms with Gasteiger partial charge in [-0.1, -0.05) is 6.92 Å². The molecule has 0 aliphatic carbocycles. The SMILES string of the molecule is CCS(=O)(=O)c1ccc(N2C[C@H](CNC(C)=O)OC2=O)cc1. The highest BCUT2D eigenvalue weighted by atomic mass is 32.2. The molecule has 1 aliphatic rings. The topological polar surface area (TPSA) is 92.8 Å². The molecule has 0 bridgehead atoms. The maximum absolute atomic E-state index is 11.8. The lowest BCUT2D eigenvalue weighted by Gasteiger charge is -2.13. The van der Waals surface area contributed by atoms with Crippen molar-refractivity contribution < 1.29 is 22.7 Å². The second-order valence-electron chi connectivity index (χ2n) is 4.95. The van der Waals surface area contributed by atoms with Crippen LogP contribution in [0.25, 0.3) is 0 Å². The number of cyclic esters (lactones) is 1. The molecule has 7 nitrogen and oxygen atoms in total. The molecule has 1 fully saturated rings. The third kappa shape index (κ3) is 3.56. The monoisotopic (exact) mass is 326 g/mol. The molecule has 1 aromatic carbocycles. The number of carbonyl (C=O) groups is 2. The van der Waals surface area contributed by atoms with Crippen molar-refractivity contribution in [2.24, 2.45) is 0 Å². The zero-order valence-electron chi connectivity index (χ0n) is 12.4. The first kappa shape index (κ1) is 16.3. The fraction of sp³-hybridized carbons (Fsp3) is 0.429. The second-order valence-corrected chi connectivity index (χ2v) is 7.23. The maximum Gasteiger partial charge on any atom is 0.414 e. The predicted molar refractivity (Wildman–Crippen MR) is 80.5 cm³/mol. The van der Waals surface area contributed by atoms with Gasteiger partial charge in [0.05, 0.1) is 23.7 Å². The number of anilines is 1. The Balaban J connectivity index is 2.09. The molecule has 1 aromatic rings. The first-order valence-corrected chi connectivity index (χ1v) is 8.54. The number of sulfone groups is 1. The summed E-state index contributed by atoms with van der Waals surface area (Å²) in [5, 5.41) is 2.59. The van der Waals surface area contributed by atoms with Gasteiger partial charge in [-0.15, -0.1) is 0 Å². The van der Waals surface area contributed by atoms with E-state index in [9.17, 15) is 18.0 Å². The Labute approximate surface area is 129 Å². The molecule has 1 heterocycles. The smallest absolute Gasteiger partial charge is 0.414 e. The molecule has 0 spiro atoms. The lowest BCUT2D eigenvalue weighted by atomic mass is 10.2. The number of hydrogen-bond donors (Lipinski definition) is 1. The highest BCUT2D eigenvalue weighted by Crippen LogP contribution is 2.23. The van der Waals surface area contributed by atoms with Crippen molar-refractivity contribution in [2.75, 3.05) is 23.7 Å². The van der Waals surface area contributed by atoms with Crippen LogP contribution in [0.15, 0.2) is 29.2 Å².